The highest BCUT2D eigenvalue weighted by Crippen LogP contribution is 2.20. The van der Waals surface area contributed by atoms with Gasteiger partial charge in [0, 0.05) is 18.2 Å². The van der Waals surface area contributed by atoms with Crippen molar-refractivity contribution in [2.75, 3.05) is 18.4 Å². The predicted octanol–water partition coefficient (Wildman–Crippen LogP) is 3.60. The number of hydrogen-bond donors (Lipinski definition) is 2. The van der Waals surface area contributed by atoms with Crippen molar-refractivity contribution in [3.63, 3.8) is 0 Å². The number of hydrogen-bond acceptors (Lipinski definition) is 3. The zero-order valence-corrected chi connectivity index (χ0v) is 17.4. The molecule has 2 aromatic carbocycles. The van der Waals surface area contributed by atoms with Crippen molar-refractivity contribution in [2.24, 2.45) is 5.92 Å². The smallest absolute Gasteiger partial charge is 0.241 e. The molecular formula is C24H31N3O2. The van der Waals surface area contributed by atoms with E-state index in [9.17, 15) is 9.59 Å². The Hall–Kier alpha value is -2.66. The molecule has 1 saturated heterocycles. The van der Waals surface area contributed by atoms with Crippen LogP contribution in [0.15, 0.2) is 54.6 Å². The summed E-state index contributed by atoms with van der Waals surface area (Å²) in [5.74, 6) is 0.134. The van der Waals surface area contributed by atoms with Crippen LogP contribution in [-0.4, -0.2) is 35.8 Å². The molecule has 154 valence electrons. The second-order valence-electron chi connectivity index (χ2n) is 7.73. The van der Waals surface area contributed by atoms with Crippen LogP contribution in [0.5, 0.6) is 0 Å². The van der Waals surface area contributed by atoms with Gasteiger partial charge in [-0.1, -0.05) is 49.4 Å². The van der Waals surface area contributed by atoms with Crippen LogP contribution in [0, 0.1) is 5.92 Å². The third-order valence-corrected chi connectivity index (χ3v) is 5.77. The average molecular weight is 394 g/mol. The summed E-state index contributed by atoms with van der Waals surface area (Å²) in [6.45, 7) is 6.13. The highest BCUT2D eigenvalue weighted by Gasteiger charge is 2.29. The Labute approximate surface area is 173 Å². The SMILES string of the molecule is CCc1ccc(NC(=O)C(C)N2CCC(C(=O)NCc3ccccc3)CC2)cc1. The third kappa shape index (κ3) is 5.91. The molecular weight excluding hydrogens is 362 g/mol. The molecule has 0 bridgehead atoms. The van der Waals surface area contributed by atoms with Crippen LogP contribution < -0.4 is 10.6 Å². The number of aryl methyl sites for hydroxylation is 1. The molecule has 0 aliphatic carbocycles. The number of benzene rings is 2. The van der Waals surface area contributed by atoms with Crippen LogP contribution in [0.4, 0.5) is 5.69 Å². The Morgan fingerprint density at radius 3 is 2.28 bits per heavy atom. The van der Waals surface area contributed by atoms with E-state index >= 15 is 0 Å². The van der Waals surface area contributed by atoms with E-state index in [-0.39, 0.29) is 23.8 Å². The fourth-order valence-corrected chi connectivity index (χ4v) is 3.71. The molecule has 29 heavy (non-hydrogen) atoms. The molecule has 3 rings (SSSR count). The lowest BCUT2D eigenvalue weighted by Crippen LogP contribution is -2.48. The summed E-state index contributed by atoms with van der Waals surface area (Å²) in [6, 6.07) is 17.7. The first-order valence-electron chi connectivity index (χ1n) is 10.5. The number of rotatable bonds is 7. The van der Waals surface area contributed by atoms with Crippen molar-refractivity contribution in [3.8, 4) is 0 Å². The highest BCUT2D eigenvalue weighted by molar-refractivity contribution is 5.94. The van der Waals surface area contributed by atoms with Gasteiger partial charge in [0.2, 0.25) is 11.8 Å². The Morgan fingerprint density at radius 1 is 1.00 bits per heavy atom. The molecule has 1 heterocycles. The van der Waals surface area contributed by atoms with Gasteiger partial charge in [-0.25, -0.2) is 0 Å². The van der Waals surface area contributed by atoms with E-state index in [1.165, 1.54) is 5.56 Å². The van der Waals surface area contributed by atoms with Gasteiger partial charge in [0.25, 0.3) is 0 Å². The number of nitrogens with one attached hydrogen (secondary N) is 2. The maximum Gasteiger partial charge on any atom is 0.241 e. The van der Waals surface area contributed by atoms with E-state index in [4.69, 9.17) is 0 Å². The number of likely N-dealkylation sites (tertiary alicyclic amines) is 1. The molecule has 1 atom stereocenters. The summed E-state index contributed by atoms with van der Waals surface area (Å²) < 4.78 is 0. The van der Waals surface area contributed by atoms with Crippen LogP contribution in [0.3, 0.4) is 0 Å². The molecule has 0 radical (unpaired) electrons. The first-order chi connectivity index (χ1) is 14.1. The highest BCUT2D eigenvalue weighted by atomic mass is 16.2. The van der Waals surface area contributed by atoms with Crippen molar-refractivity contribution in [2.45, 2.75) is 45.7 Å². The molecule has 1 unspecified atom stereocenters. The van der Waals surface area contributed by atoms with Crippen LogP contribution in [0.1, 0.15) is 37.8 Å². The molecule has 2 aromatic rings. The first kappa shape index (κ1) is 21.1. The molecule has 2 amide bonds. The second-order valence-corrected chi connectivity index (χ2v) is 7.73. The standard InChI is InChI=1S/C24H31N3O2/c1-3-19-9-11-22(12-10-19)26-23(28)18(2)27-15-13-21(14-16-27)24(29)25-17-20-7-5-4-6-8-20/h4-12,18,21H,3,13-17H2,1-2H3,(H,25,29)(H,26,28). The summed E-state index contributed by atoms with van der Waals surface area (Å²) >= 11 is 0. The van der Waals surface area contributed by atoms with Crippen molar-refractivity contribution < 1.29 is 9.59 Å². The van der Waals surface area contributed by atoms with E-state index < -0.39 is 0 Å². The minimum atomic E-state index is -0.214. The fourth-order valence-electron chi connectivity index (χ4n) is 3.71. The lowest BCUT2D eigenvalue weighted by Gasteiger charge is -2.34. The number of amides is 2. The molecule has 1 aliphatic heterocycles. The molecule has 5 heteroatoms. The van der Waals surface area contributed by atoms with Gasteiger partial charge in [-0.2, -0.15) is 0 Å². The topological polar surface area (TPSA) is 61.4 Å². The molecule has 0 aromatic heterocycles. The molecule has 1 aliphatic rings. The first-order valence-corrected chi connectivity index (χ1v) is 10.5. The monoisotopic (exact) mass is 393 g/mol. The number of anilines is 1. The van der Waals surface area contributed by atoms with Gasteiger partial charge < -0.3 is 10.6 Å². The normalized spacial score (nSPS) is 16.2. The lowest BCUT2D eigenvalue weighted by molar-refractivity contribution is -0.127. The molecule has 0 spiro atoms. The van der Waals surface area contributed by atoms with Crippen LogP contribution in [-0.2, 0) is 22.6 Å². The quantitative estimate of drug-likeness (QED) is 0.756. The summed E-state index contributed by atoms with van der Waals surface area (Å²) in [7, 11) is 0. The minimum absolute atomic E-state index is 0.00114. The molecule has 2 N–H and O–H groups in total. The van der Waals surface area contributed by atoms with Gasteiger partial charge in [0.15, 0.2) is 0 Å². The van der Waals surface area contributed by atoms with E-state index in [0.29, 0.717) is 6.54 Å². The fraction of sp³-hybridized carbons (Fsp3) is 0.417. The Balaban J connectivity index is 1.43. The van der Waals surface area contributed by atoms with Crippen LogP contribution in [0.2, 0.25) is 0 Å². The summed E-state index contributed by atoms with van der Waals surface area (Å²) in [4.78, 5) is 27.2. The van der Waals surface area contributed by atoms with Crippen LogP contribution >= 0.6 is 0 Å². The second kappa shape index (κ2) is 10.2. The van der Waals surface area contributed by atoms with Gasteiger partial charge in [-0.05, 0) is 62.5 Å². The van der Waals surface area contributed by atoms with Crippen molar-refractivity contribution in [1.29, 1.82) is 0 Å². The van der Waals surface area contributed by atoms with Crippen LogP contribution in [0.25, 0.3) is 0 Å². The van der Waals surface area contributed by atoms with E-state index in [1.54, 1.807) is 0 Å². The maximum atomic E-state index is 12.6. The zero-order chi connectivity index (χ0) is 20.6. The summed E-state index contributed by atoms with van der Waals surface area (Å²) in [5, 5.41) is 6.04. The third-order valence-electron chi connectivity index (χ3n) is 5.77. The van der Waals surface area contributed by atoms with Crippen molar-refractivity contribution >= 4 is 17.5 Å². The van der Waals surface area contributed by atoms with Gasteiger partial charge in [0.1, 0.15) is 0 Å². The molecule has 0 saturated carbocycles. The van der Waals surface area contributed by atoms with Gasteiger partial charge in [-0.15, -0.1) is 0 Å². The van der Waals surface area contributed by atoms with E-state index in [0.717, 1.165) is 43.6 Å². The average Bonchev–Trinajstić information content (AvgIpc) is 2.78. The van der Waals surface area contributed by atoms with E-state index in [2.05, 4.69) is 22.5 Å². The number of carbonyl (C=O) groups is 2. The minimum Gasteiger partial charge on any atom is -0.352 e. The Kier molecular flexibility index (Phi) is 7.42. The Morgan fingerprint density at radius 2 is 1.66 bits per heavy atom. The van der Waals surface area contributed by atoms with Crippen molar-refractivity contribution in [3.05, 3.63) is 65.7 Å². The Bertz CT molecular complexity index is 797. The van der Waals surface area contributed by atoms with E-state index in [1.807, 2.05) is 61.5 Å². The largest absolute Gasteiger partial charge is 0.352 e. The maximum absolute atomic E-state index is 12.6. The number of carbonyl (C=O) groups excluding carboxylic acids is 2. The van der Waals surface area contributed by atoms with Crippen molar-refractivity contribution in [1.82, 2.24) is 10.2 Å². The lowest BCUT2D eigenvalue weighted by atomic mass is 9.94. The van der Waals surface area contributed by atoms with Gasteiger partial charge >= 0.3 is 0 Å². The number of piperidine rings is 1. The van der Waals surface area contributed by atoms with Gasteiger partial charge in [-0.3, -0.25) is 14.5 Å². The van der Waals surface area contributed by atoms with Gasteiger partial charge in [0.05, 0.1) is 6.04 Å². The zero-order valence-electron chi connectivity index (χ0n) is 17.4. The molecule has 5 nitrogen and oxygen atoms in total. The predicted molar refractivity (Wildman–Crippen MR) is 116 cm³/mol. The molecule has 1 fully saturated rings. The number of nitrogens with zero attached hydrogens (tertiary/aromatic N) is 1. The summed E-state index contributed by atoms with van der Waals surface area (Å²) in [6.07, 6.45) is 2.55. The summed E-state index contributed by atoms with van der Waals surface area (Å²) in [5.41, 5.74) is 3.19.